The molecule has 3 aromatic rings. The molecule has 0 bridgehead atoms. The lowest BCUT2D eigenvalue weighted by Gasteiger charge is -2.14. The summed E-state index contributed by atoms with van der Waals surface area (Å²) in [5, 5.41) is 3.37. The fourth-order valence-electron chi connectivity index (χ4n) is 2.55. The second-order valence-electron chi connectivity index (χ2n) is 5.93. The normalized spacial score (nSPS) is 11.0. The fraction of sp³-hybridized carbons (Fsp3) is 0.211. The SMILES string of the molecule is CCCNC(=O)CSc1nc2ccc(Cl)cc2c(=O)n1-c1ccc(F)cc1F. The van der Waals surface area contributed by atoms with Crippen LogP contribution in [0.4, 0.5) is 8.78 Å². The largest absolute Gasteiger partial charge is 0.355 e. The van der Waals surface area contributed by atoms with E-state index < -0.39 is 17.2 Å². The molecule has 0 radical (unpaired) electrons. The van der Waals surface area contributed by atoms with Gasteiger partial charge in [0.2, 0.25) is 5.91 Å². The zero-order valence-corrected chi connectivity index (χ0v) is 16.4. The van der Waals surface area contributed by atoms with Gasteiger partial charge >= 0.3 is 0 Å². The van der Waals surface area contributed by atoms with E-state index in [4.69, 9.17) is 11.6 Å². The summed E-state index contributed by atoms with van der Waals surface area (Å²) in [6, 6.07) is 7.49. The van der Waals surface area contributed by atoms with E-state index in [2.05, 4.69) is 10.3 Å². The Hall–Kier alpha value is -2.45. The lowest BCUT2D eigenvalue weighted by Crippen LogP contribution is -2.27. The number of amides is 1. The molecule has 1 aromatic heterocycles. The third kappa shape index (κ3) is 4.34. The summed E-state index contributed by atoms with van der Waals surface area (Å²) in [5.41, 5.74) is -0.351. The van der Waals surface area contributed by atoms with Crippen LogP contribution in [0.25, 0.3) is 16.6 Å². The van der Waals surface area contributed by atoms with Crippen LogP contribution in [0.3, 0.4) is 0 Å². The van der Waals surface area contributed by atoms with Gasteiger partial charge in [0.25, 0.3) is 5.56 Å². The van der Waals surface area contributed by atoms with Gasteiger partial charge in [-0.1, -0.05) is 30.3 Å². The number of fused-ring (bicyclic) bond motifs is 1. The molecule has 0 aliphatic heterocycles. The molecule has 3 rings (SSSR count). The highest BCUT2D eigenvalue weighted by atomic mass is 35.5. The van der Waals surface area contributed by atoms with E-state index in [-0.39, 0.29) is 27.9 Å². The maximum Gasteiger partial charge on any atom is 0.266 e. The molecular formula is C19H16ClF2N3O2S. The van der Waals surface area contributed by atoms with Crippen LogP contribution in [0.1, 0.15) is 13.3 Å². The smallest absolute Gasteiger partial charge is 0.266 e. The molecule has 0 aliphatic carbocycles. The Balaban J connectivity index is 2.13. The van der Waals surface area contributed by atoms with Crippen molar-refractivity contribution in [3.05, 3.63) is 63.4 Å². The summed E-state index contributed by atoms with van der Waals surface area (Å²) in [4.78, 5) is 29.4. The maximum absolute atomic E-state index is 14.4. The summed E-state index contributed by atoms with van der Waals surface area (Å²) in [6.07, 6.45) is 0.789. The zero-order chi connectivity index (χ0) is 20.3. The van der Waals surface area contributed by atoms with Gasteiger partial charge < -0.3 is 5.32 Å². The van der Waals surface area contributed by atoms with Crippen LogP contribution in [0, 0.1) is 11.6 Å². The van der Waals surface area contributed by atoms with Gasteiger partial charge in [-0.05, 0) is 36.8 Å². The number of benzene rings is 2. The number of hydrogen-bond acceptors (Lipinski definition) is 4. The third-order valence-electron chi connectivity index (χ3n) is 3.85. The van der Waals surface area contributed by atoms with Crippen LogP contribution >= 0.6 is 23.4 Å². The fourth-order valence-corrected chi connectivity index (χ4v) is 3.56. The first-order valence-corrected chi connectivity index (χ1v) is 9.84. The van der Waals surface area contributed by atoms with Crippen molar-refractivity contribution >= 4 is 40.2 Å². The number of thioether (sulfide) groups is 1. The number of aromatic nitrogens is 2. The van der Waals surface area contributed by atoms with E-state index in [0.29, 0.717) is 23.2 Å². The average molecular weight is 424 g/mol. The van der Waals surface area contributed by atoms with Crippen LogP contribution in [-0.2, 0) is 4.79 Å². The Morgan fingerprint density at radius 3 is 2.75 bits per heavy atom. The molecule has 5 nitrogen and oxygen atoms in total. The lowest BCUT2D eigenvalue weighted by atomic mass is 10.2. The highest BCUT2D eigenvalue weighted by Crippen LogP contribution is 2.24. The van der Waals surface area contributed by atoms with E-state index in [1.165, 1.54) is 6.07 Å². The van der Waals surface area contributed by atoms with Crippen molar-refractivity contribution in [1.82, 2.24) is 14.9 Å². The minimum absolute atomic E-state index is 0.00561. The van der Waals surface area contributed by atoms with Crippen LogP contribution in [0.5, 0.6) is 0 Å². The molecule has 9 heteroatoms. The molecule has 28 heavy (non-hydrogen) atoms. The van der Waals surface area contributed by atoms with E-state index >= 15 is 0 Å². The highest BCUT2D eigenvalue weighted by molar-refractivity contribution is 7.99. The first-order valence-electron chi connectivity index (χ1n) is 8.48. The summed E-state index contributed by atoms with van der Waals surface area (Å²) in [7, 11) is 0. The second kappa shape index (κ2) is 8.70. The van der Waals surface area contributed by atoms with Crippen LogP contribution in [-0.4, -0.2) is 27.8 Å². The number of halogens is 3. The number of nitrogens with one attached hydrogen (secondary N) is 1. The molecule has 1 amide bonds. The Kier molecular flexibility index (Phi) is 6.31. The van der Waals surface area contributed by atoms with E-state index in [1.54, 1.807) is 12.1 Å². The van der Waals surface area contributed by atoms with Gasteiger partial charge in [-0.15, -0.1) is 0 Å². The quantitative estimate of drug-likeness (QED) is 0.482. The first kappa shape index (κ1) is 20.3. The van der Waals surface area contributed by atoms with Crippen molar-refractivity contribution in [3.63, 3.8) is 0 Å². The van der Waals surface area contributed by atoms with Gasteiger partial charge in [0.15, 0.2) is 5.16 Å². The average Bonchev–Trinajstić information content (AvgIpc) is 2.66. The van der Waals surface area contributed by atoms with Crippen molar-refractivity contribution in [3.8, 4) is 5.69 Å². The van der Waals surface area contributed by atoms with E-state index in [9.17, 15) is 18.4 Å². The Bertz CT molecular complexity index is 1100. The molecule has 0 saturated heterocycles. The van der Waals surface area contributed by atoms with Gasteiger partial charge in [-0.2, -0.15) is 0 Å². The molecule has 0 atom stereocenters. The van der Waals surface area contributed by atoms with E-state index in [1.807, 2.05) is 6.92 Å². The summed E-state index contributed by atoms with van der Waals surface area (Å²) in [5.74, 6) is -1.92. The molecule has 0 saturated carbocycles. The van der Waals surface area contributed by atoms with Crippen molar-refractivity contribution in [2.45, 2.75) is 18.5 Å². The van der Waals surface area contributed by atoms with Crippen molar-refractivity contribution in [2.24, 2.45) is 0 Å². The molecule has 1 N–H and O–H groups in total. The second-order valence-corrected chi connectivity index (χ2v) is 7.31. The molecule has 0 fully saturated rings. The number of nitrogens with zero attached hydrogens (tertiary/aromatic N) is 2. The molecule has 0 spiro atoms. The summed E-state index contributed by atoms with van der Waals surface area (Å²) in [6.45, 7) is 2.46. The Labute approximate surface area is 168 Å². The molecular weight excluding hydrogens is 408 g/mol. The van der Waals surface area contributed by atoms with E-state index in [0.717, 1.165) is 34.9 Å². The molecule has 1 heterocycles. The maximum atomic E-state index is 14.4. The van der Waals surface area contributed by atoms with Gasteiger partial charge in [0, 0.05) is 17.6 Å². The number of carbonyl (C=O) groups is 1. The third-order valence-corrected chi connectivity index (χ3v) is 5.03. The van der Waals surface area contributed by atoms with Crippen LogP contribution in [0.2, 0.25) is 5.02 Å². The predicted molar refractivity (Wildman–Crippen MR) is 106 cm³/mol. The van der Waals surface area contributed by atoms with Crippen molar-refractivity contribution < 1.29 is 13.6 Å². The summed E-state index contributed by atoms with van der Waals surface area (Å²) >= 11 is 6.97. The Morgan fingerprint density at radius 2 is 2.04 bits per heavy atom. The van der Waals surface area contributed by atoms with Gasteiger partial charge in [-0.25, -0.2) is 13.8 Å². The number of rotatable bonds is 6. The molecule has 2 aromatic carbocycles. The van der Waals surface area contributed by atoms with Crippen LogP contribution < -0.4 is 10.9 Å². The Morgan fingerprint density at radius 1 is 1.25 bits per heavy atom. The standard InChI is InChI=1S/C19H16ClF2N3O2S/c1-2-7-23-17(26)10-28-19-24-15-5-3-11(20)8-13(15)18(27)25(19)16-6-4-12(21)9-14(16)22/h3-6,8-9H,2,7,10H2,1H3,(H,23,26). The zero-order valence-electron chi connectivity index (χ0n) is 14.8. The van der Waals surface area contributed by atoms with Crippen molar-refractivity contribution in [2.75, 3.05) is 12.3 Å². The topological polar surface area (TPSA) is 64.0 Å². The first-order chi connectivity index (χ1) is 13.4. The van der Waals surface area contributed by atoms with Gasteiger partial charge in [-0.3, -0.25) is 14.2 Å². The summed E-state index contributed by atoms with van der Waals surface area (Å²) < 4.78 is 28.8. The lowest BCUT2D eigenvalue weighted by molar-refractivity contribution is -0.118. The number of hydrogen-bond donors (Lipinski definition) is 1. The minimum Gasteiger partial charge on any atom is -0.355 e. The van der Waals surface area contributed by atoms with Gasteiger partial charge in [0.05, 0.1) is 22.3 Å². The molecule has 146 valence electrons. The molecule has 0 aliphatic rings. The predicted octanol–water partition coefficient (Wildman–Crippen LogP) is 3.94. The number of carbonyl (C=O) groups excluding carboxylic acids is 1. The molecule has 0 unspecified atom stereocenters. The van der Waals surface area contributed by atoms with Crippen molar-refractivity contribution in [1.29, 1.82) is 0 Å². The minimum atomic E-state index is -0.914. The van der Waals surface area contributed by atoms with Crippen LogP contribution in [0.15, 0.2) is 46.3 Å². The highest BCUT2D eigenvalue weighted by Gasteiger charge is 2.18. The monoisotopic (exact) mass is 423 g/mol. The van der Waals surface area contributed by atoms with Gasteiger partial charge in [0.1, 0.15) is 11.6 Å².